The summed E-state index contributed by atoms with van der Waals surface area (Å²) in [5, 5.41) is 4.51. The summed E-state index contributed by atoms with van der Waals surface area (Å²) in [4.78, 5) is 24.1. The Kier molecular flexibility index (Phi) is 5.01. The molecule has 8 nitrogen and oxygen atoms in total. The lowest BCUT2D eigenvalue weighted by Crippen LogP contribution is -2.09. The second kappa shape index (κ2) is 7.76. The van der Waals surface area contributed by atoms with Gasteiger partial charge in [-0.1, -0.05) is 11.6 Å². The van der Waals surface area contributed by atoms with Gasteiger partial charge in [0.25, 0.3) is 0 Å². The lowest BCUT2D eigenvalue weighted by molar-refractivity contribution is 0.296. The number of nitrogens with two attached hydrogens (primary N) is 1. The maximum absolute atomic E-state index is 11.6. The summed E-state index contributed by atoms with van der Waals surface area (Å²) in [5.41, 5.74) is 7.42. The Balaban J connectivity index is 1.52. The highest BCUT2D eigenvalue weighted by Gasteiger charge is 2.08. The minimum atomic E-state index is -0.407. The van der Waals surface area contributed by atoms with Gasteiger partial charge in [-0.3, -0.25) is 0 Å². The number of aromatic nitrogens is 3. The lowest BCUT2D eigenvalue weighted by Gasteiger charge is -2.09. The van der Waals surface area contributed by atoms with E-state index in [9.17, 15) is 4.79 Å². The summed E-state index contributed by atoms with van der Waals surface area (Å²) in [6, 6.07) is 13.8. The third-order valence-electron chi connectivity index (χ3n) is 4.09. The van der Waals surface area contributed by atoms with Crippen LogP contribution in [0.1, 0.15) is 11.4 Å². The Hall–Kier alpha value is -3.65. The Morgan fingerprint density at radius 2 is 1.90 bits per heavy atom. The maximum atomic E-state index is 11.6. The fraction of sp³-hybridized carbons (Fsp3) is 0.100. The van der Waals surface area contributed by atoms with Crippen LogP contribution < -0.4 is 21.4 Å². The highest BCUT2D eigenvalue weighted by molar-refractivity contribution is 6.30. The van der Waals surface area contributed by atoms with Crippen LogP contribution in [-0.2, 0) is 6.61 Å². The van der Waals surface area contributed by atoms with E-state index < -0.39 is 5.63 Å². The molecule has 0 saturated carbocycles. The highest BCUT2D eigenvalue weighted by atomic mass is 35.5. The van der Waals surface area contributed by atoms with Gasteiger partial charge >= 0.3 is 5.63 Å². The fourth-order valence-electron chi connectivity index (χ4n) is 2.76. The van der Waals surface area contributed by atoms with Gasteiger partial charge < -0.3 is 20.2 Å². The molecule has 0 fully saturated rings. The predicted octanol–water partition coefficient (Wildman–Crippen LogP) is 3.84. The van der Waals surface area contributed by atoms with E-state index in [0.717, 1.165) is 16.6 Å². The molecule has 0 aliphatic heterocycles. The third-order valence-corrected chi connectivity index (χ3v) is 4.34. The molecule has 3 N–H and O–H groups in total. The minimum absolute atomic E-state index is 0.0591. The molecule has 9 heteroatoms. The van der Waals surface area contributed by atoms with Gasteiger partial charge in [-0.2, -0.15) is 15.0 Å². The normalized spacial score (nSPS) is 10.8. The number of benzene rings is 2. The molecule has 2 heterocycles. The number of nitrogens with zero attached hydrogens (tertiary/aromatic N) is 3. The highest BCUT2D eigenvalue weighted by Crippen LogP contribution is 2.23. The molecule has 0 amide bonds. The number of nitrogen functional groups attached to an aromatic ring is 1. The molecule has 0 aliphatic rings. The summed E-state index contributed by atoms with van der Waals surface area (Å²) < 4.78 is 11.0. The summed E-state index contributed by atoms with van der Waals surface area (Å²) in [6.45, 7) is 1.91. The van der Waals surface area contributed by atoms with Gasteiger partial charge in [0.1, 0.15) is 17.9 Å². The van der Waals surface area contributed by atoms with E-state index in [1.807, 2.05) is 13.0 Å². The van der Waals surface area contributed by atoms with Crippen molar-refractivity contribution in [3.8, 4) is 5.75 Å². The first-order valence-corrected chi connectivity index (χ1v) is 9.04. The molecular formula is C20H16ClN5O3. The van der Waals surface area contributed by atoms with Crippen LogP contribution in [0.5, 0.6) is 5.75 Å². The molecule has 4 aromatic rings. The van der Waals surface area contributed by atoms with Crippen molar-refractivity contribution in [2.45, 2.75) is 13.5 Å². The van der Waals surface area contributed by atoms with Gasteiger partial charge in [0, 0.05) is 28.2 Å². The first-order valence-electron chi connectivity index (χ1n) is 8.66. The summed E-state index contributed by atoms with van der Waals surface area (Å²) in [7, 11) is 0. The topological polar surface area (TPSA) is 116 Å². The van der Waals surface area contributed by atoms with Crippen LogP contribution in [0.25, 0.3) is 11.0 Å². The quantitative estimate of drug-likeness (QED) is 0.477. The first-order chi connectivity index (χ1) is 14.0. The zero-order valence-corrected chi connectivity index (χ0v) is 16.1. The minimum Gasteiger partial charge on any atom is -0.485 e. The fourth-order valence-corrected chi connectivity index (χ4v) is 2.89. The molecule has 0 spiro atoms. The van der Waals surface area contributed by atoms with Gasteiger partial charge in [0.15, 0.2) is 5.82 Å². The molecule has 2 aromatic carbocycles. The molecule has 0 bridgehead atoms. The zero-order chi connectivity index (χ0) is 20.4. The molecule has 0 saturated heterocycles. The number of nitrogens with one attached hydrogen (secondary N) is 1. The number of hydrogen-bond donors (Lipinski definition) is 2. The number of rotatable bonds is 5. The Morgan fingerprint density at radius 1 is 1.10 bits per heavy atom. The van der Waals surface area contributed by atoms with Crippen LogP contribution in [0.2, 0.25) is 5.02 Å². The zero-order valence-electron chi connectivity index (χ0n) is 15.3. The van der Waals surface area contributed by atoms with Crippen molar-refractivity contribution < 1.29 is 9.15 Å². The average Bonchev–Trinajstić information content (AvgIpc) is 2.67. The largest absolute Gasteiger partial charge is 0.485 e. The van der Waals surface area contributed by atoms with E-state index in [2.05, 4.69) is 20.3 Å². The van der Waals surface area contributed by atoms with E-state index in [4.69, 9.17) is 26.5 Å². The van der Waals surface area contributed by atoms with E-state index in [1.54, 1.807) is 36.4 Å². The third kappa shape index (κ3) is 4.44. The van der Waals surface area contributed by atoms with Crippen LogP contribution in [0.4, 0.5) is 17.6 Å². The maximum Gasteiger partial charge on any atom is 0.336 e. The number of ether oxygens (including phenoxy) is 1. The second-order valence-corrected chi connectivity index (χ2v) is 6.70. The van der Waals surface area contributed by atoms with Crippen LogP contribution in [0, 0.1) is 6.92 Å². The van der Waals surface area contributed by atoms with Gasteiger partial charge in [-0.25, -0.2) is 4.79 Å². The molecule has 146 valence electrons. The van der Waals surface area contributed by atoms with Crippen LogP contribution in [-0.4, -0.2) is 15.0 Å². The predicted molar refractivity (Wildman–Crippen MR) is 111 cm³/mol. The number of anilines is 3. The summed E-state index contributed by atoms with van der Waals surface area (Å²) >= 11 is 5.89. The van der Waals surface area contributed by atoms with Crippen molar-refractivity contribution in [3.63, 3.8) is 0 Å². The molecule has 4 rings (SSSR count). The van der Waals surface area contributed by atoms with E-state index >= 15 is 0 Å². The van der Waals surface area contributed by atoms with Crippen molar-refractivity contribution in [1.29, 1.82) is 0 Å². The monoisotopic (exact) mass is 409 g/mol. The number of hydrogen-bond acceptors (Lipinski definition) is 8. The average molecular weight is 410 g/mol. The van der Waals surface area contributed by atoms with Crippen LogP contribution >= 0.6 is 11.6 Å². The molecule has 2 aromatic heterocycles. The molecular weight excluding hydrogens is 394 g/mol. The molecule has 29 heavy (non-hydrogen) atoms. The van der Waals surface area contributed by atoms with Crippen molar-refractivity contribution in [2.75, 3.05) is 11.1 Å². The molecule has 0 unspecified atom stereocenters. The molecule has 0 aliphatic carbocycles. The van der Waals surface area contributed by atoms with E-state index in [1.165, 1.54) is 6.07 Å². The van der Waals surface area contributed by atoms with Gasteiger partial charge in [-0.05, 0) is 48.9 Å². The van der Waals surface area contributed by atoms with E-state index in [-0.39, 0.29) is 12.6 Å². The number of aryl methyl sites for hydroxylation is 1. The van der Waals surface area contributed by atoms with Crippen LogP contribution in [0.3, 0.4) is 0 Å². The first kappa shape index (κ1) is 18.7. The molecule has 0 radical (unpaired) electrons. The lowest BCUT2D eigenvalue weighted by atomic mass is 10.1. The van der Waals surface area contributed by atoms with Crippen LogP contribution in [0.15, 0.2) is 57.7 Å². The van der Waals surface area contributed by atoms with E-state index in [0.29, 0.717) is 28.1 Å². The summed E-state index contributed by atoms with van der Waals surface area (Å²) in [5.74, 6) is 1.21. The van der Waals surface area contributed by atoms with Crippen molar-refractivity contribution in [1.82, 2.24) is 15.0 Å². The standard InChI is InChI=1S/C20H16ClN5O3/c1-11-8-18(27)29-16-9-14(6-7-15(11)16)28-10-17-24-19(22)26-20(25-17)23-13-4-2-12(21)3-5-13/h2-9H,10H2,1H3,(H3,22,23,24,25,26). The Labute approximate surface area is 170 Å². The van der Waals surface area contributed by atoms with Crippen molar-refractivity contribution >= 4 is 40.2 Å². The number of fused-ring (bicyclic) bond motifs is 1. The SMILES string of the molecule is Cc1cc(=O)oc2cc(OCc3nc(N)nc(Nc4ccc(Cl)cc4)n3)ccc12. The van der Waals surface area contributed by atoms with Gasteiger partial charge in [0.05, 0.1) is 0 Å². The Morgan fingerprint density at radius 3 is 2.69 bits per heavy atom. The smallest absolute Gasteiger partial charge is 0.336 e. The van der Waals surface area contributed by atoms with Gasteiger partial charge in [0.2, 0.25) is 11.9 Å². The number of halogens is 1. The second-order valence-electron chi connectivity index (χ2n) is 6.26. The summed E-state index contributed by atoms with van der Waals surface area (Å²) in [6.07, 6.45) is 0. The Bertz CT molecular complexity index is 1240. The molecule has 0 atom stereocenters. The van der Waals surface area contributed by atoms with Crippen molar-refractivity contribution in [3.05, 3.63) is 75.4 Å². The van der Waals surface area contributed by atoms with Crippen molar-refractivity contribution in [2.24, 2.45) is 0 Å². The van der Waals surface area contributed by atoms with Gasteiger partial charge in [-0.15, -0.1) is 0 Å².